The van der Waals surface area contributed by atoms with Gasteiger partial charge in [0.2, 0.25) is 11.8 Å². The van der Waals surface area contributed by atoms with Crippen molar-refractivity contribution in [2.24, 2.45) is 23.3 Å². The van der Waals surface area contributed by atoms with Crippen molar-refractivity contribution in [1.29, 1.82) is 0 Å². The maximum Gasteiger partial charge on any atom is 0.221 e. The first kappa shape index (κ1) is 10.9. The van der Waals surface area contributed by atoms with E-state index in [2.05, 4.69) is 0 Å². The van der Waals surface area contributed by atoms with Crippen molar-refractivity contribution in [2.75, 3.05) is 0 Å². The van der Waals surface area contributed by atoms with Crippen molar-refractivity contribution >= 4 is 11.8 Å². The van der Waals surface area contributed by atoms with E-state index in [0.29, 0.717) is 0 Å². The van der Waals surface area contributed by atoms with Gasteiger partial charge in [0.25, 0.3) is 0 Å². The van der Waals surface area contributed by atoms with Gasteiger partial charge in [-0.25, -0.2) is 0 Å². The number of hydrogen-bond donors (Lipinski definition) is 2. The Hall–Kier alpha value is -1.06. The van der Waals surface area contributed by atoms with Crippen LogP contribution in [0.25, 0.3) is 0 Å². The summed E-state index contributed by atoms with van der Waals surface area (Å²) >= 11 is 0. The van der Waals surface area contributed by atoms with Gasteiger partial charge >= 0.3 is 0 Å². The first-order valence-corrected chi connectivity index (χ1v) is 4.06. The molecule has 4 N–H and O–H groups in total. The fraction of sp³-hybridized carbons (Fsp3) is 0.750. The van der Waals surface area contributed by atoms with Crippen LogP contribution in [0.5, 0.6) is 0 Å². The van der Waals surface area contributed by atoms with Crippen LogP contribution in [0.1, 0.15) is 26.7 Å². The monoisotopic (exact) mass is 172 g/mol. The van der Waals surface area contributed by atoms with Crippen LogP contribution in [0, 0.1) is 11.8 Å². The SMILES string of the molecule is CCC(C)C(CC(N)=O)C(N)=O. The molecule has 0 fully saturated rings. The fourth-order valence-corrected chi connectivity index (χ4v) is 1.08. The lowest BCUT2D eigenvalue weighted by molar-refractivity contribution is -0.128. The molecule has 4 nitrogen and oxygen atoms in total. The molecule has 0 aliphatic heterocycles. The summed E-state index contributed by atoms with van der Waals surface area (Å²) in [5.41, 5.74) is 10.1. The third-order valence-electron chi connectivity index (χ3n) is 2.12. The van der Waals surface area contributed by atoms with Gasteiger partial charge < -0.3 is 11.5 Å². The second kappa shape index (κ2) is 4.74. The van der Waals surface area contributed by atoms with Gasteiger partial charge in [-0.15, -0.1) is 0 Å². The maximum absolute atomic E-state index is 10.8. The number of primary amides is 2. The molecule has 0 aliphatic carbocycles. The molecule has 4 heteroatoms. The topological polar surface area (TPSA) is 86.2 Å². The Bertz CT molecular complexity index is 180. The first-order chi connectivity index (χ1) is 5.49. The van der Waals surface area contributed by atoms with Crippen molar-refractivity contribution in [3.05, 3.63) is 0 Å². The lowest BCUT2D eigenvalue weighted by Gasteiger charge is -2.17. The highest BCUT2D eigenvalue weighted by atomic mass is 16.2. The zero-order chi connectivity index (χ0) is 9.72. The molecule has 0 aromatic heterocycles. The highest BCUT2D eigenvalue weighted by molar-refractivity contribution is 5.84. The van der Waals surface area contributed by atoms with Crippen LogP contribution in [0.3, 0.4) is 0 Å². The van der Waals surface area contributed by atoms with Crippen LogP contribution < -0.4 is 11.5 Å². The largest absolute Gasteiger partial charge is 0.370 e. The van der Waals surface area contributed by atoms with E-state index in [4.69, 9.17) is 11.5 Å². The third-order valence-corrected chi connectivity index (χ3v) is 2.12. The Balaban J connectivity index is 4.22. The molecule has 0 saturated carbocycles. The van der Waals surface area contributed by atoms with E-state index in [0.717, 1.165) is 6.42 Å². The van der Waals surface area contributed by atoms with Crippen molar-refractivity contribution in [2.45, 2.75) is 26.7 Å². The normalized spacial score (nSPS) is 15.2. The summed E-state index contributed by atoms with van der Waals surface area (Å²) in [6.07, 6.45) is 0.880. The molecule has 2 unspecified atom stereocenters. The summed E-state index contributed by atoms with van der Waals surface area (Å²) in [6.45, 7) is 3.83. The molecule has 12 heavy (non-hydrogen) atoms. The van der Waals surface area contributed by atoms with E-state index in [-0.39, 0.29) is 12.3 Å². The zero-order valence-electron chi connectivity index (χ0n) is 7.54. The van der Waals surface area contributed by atoms with Gasteiger partial charge in [0, 0.05) is 12.3 Å². The molecule has 70 valence electrons. The summed E-state index contributed by atoms with van der Waals surface area (Å²) in [5.74, 6) is -1.20. The summed E-state index contributed by atoms with van der Waals surface area (Å²) in [7, 11) is 0. The number of hydrogen-bond acceptors (Lipinski definition) is 2. The maximum atomic E-state index is 10.8. The number of rotatable bonds is 5. The first-order valence-electron chi connectivity index (χ1n) is 4.06. The molecule has 0 aliphatic rings. The van der Waals surface area contributed by atoms with E-state index in [1.54, 1.807) is 0 Å². The van der Waals surface area contributed by atoms with Gasteiger partial charge in [0.05, 0.1) is 0 Å². The Morgan fingerprint density at radius 3 is 2.08 bits per heavy atom. The average molecular weight is 172 g/mol. The summed E-state index contributed by atoms with van der Waals surface area (Å²) in [4.78, 5) is 21.4. The average Bonchev–Trinajstić information content (AvgIpc) is 1.98. The van der Waals surface area contributed by atoms with Gasteiger partial charge in [-0.05, 0) is 5.92 Å². The number of carbonyl (C=O) groups excluding carboxylic acids is 2. The van der Waals surface area contributed by atoms with E-state index in [1.807, 2.05) is 13.8 Å². The Labute approximate surface area is 72.3 Å². The van der Waals surface area contributed by atoms with Crippen molar-refractivity contribution < 1.29 is 9.59 Å². The summed E-state index contributed by atoms with van der Waals surface area (Å²) < 4.78 is 0. The van der Waals surface area contributed by atoms with Gasteiger partial charge in [-0.2, -0.15) is 0 Å². The molecule has 0 radical (unpaired) electrons. The lowest BCUT2D eigenvalue weighted by Crippen LogP contribution is -2.32. The highest BCUT2D eigenvalue weighted by Crippen LogP contribution is 2.17. The lowest BCUT2D eigenvalue weighted by atomic mass is 9.88. The molecule has 2 amide bonds. The second-order valence-electron chi connectivity index (χ2n) is 3.06. The molecule has 2 atom stereocenters. The van der Waals surface area contributed by atoms with Gasteiger partial charge in [0.15, 0.2) is 0 Å². The second-order valence-corrected chi connectivity index (χ2v) is 3.06. The van der Waals surface area contributed by atoms with Crippen molar-refractivity contribution in [1.82, 2.24) is 0 Å². The van der Waals surface area contributed by atoms with Crippen LogP contribution in [-0.4, -0.2) is 11.8 Å². The minimum atomic E-state index is -0.473. The molecule has 0 spiro atoms. The van der Waals surface area contributed by atoms with Crippen LogP contribution >= 0.6 is 0 Å². The molecule has 0 rings (SSSR count). The molecule has 0 heterocycles. The van der Waals surface area contributed by atoms with Gasteiger partial charge in [-0.3, -0.25) is 9.59 Å². The predicted molar refractivity (Wildman–Crippen MR) is 46.0 cm³/mol. The summed E-state index contributed by atoms with van der Waals surface area (Å²) in [6, 6.07) is 0. The highest BCUT2D eigenvalue weighted by Gasteiger charge is 2.23. The van der Waals surface area contributed by atoms with E-state index >= 15 is 0 Å². The van der Waals surface area contributed by atoms with E-state index < -0.39 is 17.7 Å². The molecule has 0 aromatic carbocycles. The molecule has 0 bridgehead atoms. The molecule has 0 saturated heterocycles. The standard InChI is InChI=1S/C8H16N2O2/c1-3-5(2)6(8(10)12)4-7(9)11/h5-6H,3-4H2,1-2H3,(H2,9,11)(H2,10,12). The quantitative estimate of drug-likeness (QED) is 0.612. The Morgan fingerprint density at radius 1 is 1.33 bits per heavy atom. The third kappa shape index (κ3) is 3.37. The van der Waals surface area contributed by atoms with Gasteiger partial charge in [-0.1, -0.05) is 20.3 Å². The predicted octanol–water partition coefficient (Wildman–Crippen LogP) is 0.00940. The smallest absolute Gasteiger partial charge is 0.221 e. The minimum absolute atomic E-state index is 0.0599. The van der Waals surface area contributed by atoms with E-state index in [9.17, 15) is 9.59 Å². The van der Waals surface area contributed by atoms with Crippen molar-refractivity contribution in [3.63, 3.8) is 0 Å². The zero-order valence-corrected chi connectivity index (χ0v) is 7.54. The summed E-state index contributed by atoms with van der Waals surface area (Å²) in [5, 5.41) is 0. The number of carbonyl (C=O) groups is 2. The van der Waals surface area contributed by atoms with Crippen LogP contribution in [0.4, 0.5) is 0 Å². The molecular weight excluding hydrogens is 156 g/mol. The van der Waals surface area contributed by atoms with Crippen LogP contribution in [0.15, 0.2) is 0 Å². The van der Waals surface area contributed by atoms with Crippen molar-refractivity contribution in [3.8, 4) is 0 Å². The Kier molecular flexibility index (Phi) is 4.33. The minimum Gasteiger partial charge on any atom is -0.370 e. The van der Waals surface area contributed by atoms with E-state index in [1.165, 1.54) is 0 Å². The molecule has 0 aromatic rings. The molecular formula is C8H16N2O2. The van der Waals surface area contributed by atoms with Crippen LogP contribution in [0.2, 0.25) is 0 Å². The van der Waals surface area contributed by atoms with Crippen LogP contribution in [-0.2, 0) is 9.59 Å². The number of nitrogens with two attached hydrogens (primary N) is 2. The number of amides is 2. The Morgan fingerprint density at radius 2 is 1.83 bits per heavy atom. The van der Waals surface area contributed by atoms with Gasteiger partial charge in [0.1, 0.15) is 0 Å². The fourth-order valence-electron chi connectivity index (χ4n) is 1.08.